The first-order valence-corrected chi connectivity index (χ1v) is 12.3. The number of aryl methyl sites for hydroxylation is 1. The van der Waals surface area contributed by atoms with E-state index in [1.807, 2.05) is 0 Å². The Bertz CT molecular complexity index is 929. The maximum absolute atomic E-state index is 4.87. The zero-order valence-electron chi connectivity index (χ0n) is 19.4. The summed E-state index contributed by atoms with van der Waals surface area (Å²) in [5, 5.41) is 7.43. The van der Waals surface area contributed by atoms with Crippen molar-refractivity contribution in [3.63, 3.8) is 0 Å². The molecule has 1 aromatic heterocycles. The normalized spacial score (nSPS) is 21.7. The van der Waals surface area contributed by atoms with Crippen LogP contribution in [0.3, 0.4) is 0 Å². The Balaban J connectivity index is 1.58. The number of rotatable bonds is 6. The zero-order valence-corrected chi connectivity index (χ0v) is 19.4. The van der Waals surface area contributed by atoms with Gasteiger partial charge in [0, 0.05) is 41.5 Å². The Morgan fingerprint density at radius 2 is 2.00 bits per heavy atom. The number of anilines is 2. The summed E-state index contributed by atoms with van der Waals surface area (Å²) in [6.45, 7) is 11.1. The SMILES string of the molecule is CCC(CC)NCc1cccc2c1C1(CCNCC1)CN2c1ncnc2c1[C@H](C)CC2. The molecule has 0 amide bonds. The van der Waals surface area contributed by atoms with Crippen molar-refractivity contribution in [2.45, 2.75) is 83.2 Å². The van der Waals surface area contributed by atoms with Crippen molar-refractivity contribution in [3.05, 3.63) is 46.9 Å². The summed E-state index contributed by atoms with van der Waals surface area (Å²) in [5.74, 6) is 1.70. The number of benzene rings is 1. The number of piperidine rings is 1. The van der Waals surface area contributed by atoms with Gasteiger partial charge in [-0.25, -0.2) is 9.97 Å². The standard InChI is InChI=1S/C26H37N5/c1-4-20(5-2)28-15-19-7-6-8-22-24(19)26(11-13-27-14-12-26)16-31(22)25-23-18(3)9-10-21(23)29-17-30-25/h6-8,17-18,20,27-28H,4-5,9-16H2,1-3H3/t18-/m1/s1. The summed E-state index contributed by atoms with van der Waals surface area (Å²) in [4.78, 5) is 12.0. The molecule has 1 aromatic carbocycles. The van der Waals surface area contributed by atoms with Crippen LogP contribution in [0.25, 0.3) is 0 Å². The summed E-state index contributed by atoms with van der Waals surface area (Å²) < 4.78 is 0. The fourth-order valence-electron chi connectivity index (χ4n) is 6.21. The van der Waals surface area contributed by atoms with Crippen LogP contribution in [0.15, 0.2) is 24.5 Å². The summed E-state index contributed by atoms with van der Waals surface area (Å²) >= 11 is 0. The number of fused-ring (bicyclic) bond motifs is 3. The van der Waals surface area contributed by atoms with Gasteiger partial charge in [-0.05, 0) is 74.7 Å². The molecule has 1 fully saturated rings. The maximum Gasteiger partial charge on any atom is 0.140 e. The monoisotopic (exact) mass is 419 g/mol. The number of hydrogen-bond donors (Lipinski definition) is 2. The van der Waals surface area contributed by atoms with Crippen molar-refractivity contribution in [1.29, 1.82) is 0 Å². The van der Waals surface area contributed by atoms with E-state index in [2.05, 4.69) is 59.5 Å². The summed E-state index contributed by atoms with van der Waals surface area (Å²) in [5.41, 5.74) is 7.30. The van der Waals surface area contributed by atoms with Crippen molar-refractivity contribution in [1.82, 2.24) is 20.6 Å². The van der Waals surface area contributed by atoms with E-state index in [0.717, 1.165) is 38.4 Å². The third-order valence-corrected chi connectivity index (χ3v) is 8.05. The van der Waals surface area contributed by atoms with E-state index in [1.54, 1.807) is 11.9 Å². The lowest BCUT2D eigenvalue weighted by molar-refractivity contribution is 0.326. The molecule has 2 aliphatic heterocycles. The smallest absolute Gasteiger partial charge is 0.140 e. The second-order valence-electron chi connectivity index (χ2n) is 9.82. The minimum absolute atomic E-state index is 0.215. The van der Waals surface area contributed by atoms with Gasteiger partial charge in [0.2, 0.25) is 0 Å². The third-order valence-electron chi connectivity index (χ3n) is 8.05. The van der Waals surface area contributed by atoms with Crippen LogP contribution in [-0.2, 0) is 18.4 Å². The highest BCUT2D eigenvalue weighted by Gasteiger charge is 2.46. The molecular formula is C26H37N5. The van der Waals surface area contributed by atoms with Crippen LogP contribution in [0.1, 0.15) is 81.2 Å². The second kappa shape index (κ2) is 8.51. The van der Waals surface area contributed by atoms with Crippen molar-refractivity contribution < 1.29 is 0 Å². The predicted molar refractivity (Wildman–Crippen MR) is 127 cm³/mol. The second-order valence-corrected chi connectivity index (χ2v) is 9.82. The molecule has 31 heavy (non-hydrogen) atoms. The molecule has 2 aromatic rings. The number of nitrogens with one attached hydrogen (secondary N) is 2. The van der Waals surface area contributed by atoms with E-state index in [4.69, 9.17) is 4.98 Å². The van der Waals surface area contributed by atoms with E-state index in [-0.39, 0.29) is 5.41 Å². The molecule has 1 aliphatic carbocycles. The fraction of sp³-hybridized carbons (Fsp3) is 0.615. The highest BCUT2D eigenvalue weighted by atomic mass is 15.2. The number of aromatic nitrogens is 2. The van der Waals surface area contributed by atoms with Gasteiger partial charge in [0.05, 0.1) is 0 Å². The van der Waals surface area contributed by atoms with Gasteiger partial charge >= 0.3 is 0 Å². The highest BCUT2D eigenvalue weighted by molar-refractivity contribution is 5.75. The van der Waals surface area contributed by atoms with Crippen molar-refractivity contribution in [3.8, 4) is 0 Å². The average molecular weight is 420 g/mol. The van der Waals surface area contributed by atoms with Crippen molar-refractivity contribution in [2.24, 2.45) is 0 Å². The van der Waals surface area contributed by atoms with Gasteiger partial charge in [0.15, 0.2) is 0 Å². The molecule has 3 heterocycles. The molecule has 5 rings (SSSR count). The minimum Gasteiger partial charge on any atom is -0.325 e. The summed E-state index contributed by atoms with van der Waals surface area (Å²) in [6, 6.07) is 7.53. The minimum atomic E-state index is 0.215. The van der Waals surface area contributed by atoms with Crippen LogP contribution in [0.2, 0.25) is 0 Å². The molecule has 166 valence electrons. The lowest BCUT2D eigenvalue weighted by Gasteiger charge is -2.36. The molecule has 0 unspecified atom stereocenters. The van der Waals surface area contributed by atoms with E-state index in [9.17, 15) is 0 Å². The molecule has 1 atom stereocenters. The topological polar surface area (TPSA) is 53.1 Å². The molecular weight excluding hydrogens is 382 g/mol. The Kier molecular flexibility index (Phi) is 5.74. The van der Waals surface area contributed by atoms with Crippen LogP contribution in [0.4, 0.5) is 11.5 Å². The predicted octanol–water partition coefficient (Wildman–Crippen LogP) is 4.58. The van der Waals surface area contributed by atoms with Gasteiger partial charge in [-0.2, -0.15) is 0 Å². The van der Waals surface area contributed by atoms with E-state index in [0.29, 0.717) is 12.0 Å². The molecule has 5 nitrogen and oxygen atoms in total. The van der Waals surface area contributed by atoms with Crippen LogP contribution in [0.5, 0.6) is 0 Å². The number of hydrogen-bond acceptors (Lipinski definition) is 5. The Morgan fingerprint density at radius 3 is 2.77 bits per heavy atom. The summed E-state index contributed by atoms with van der Waals surface area (Å²) in [6.07, 6.45) is 8.81. The van der Waals surface area contributed by atoms with Gasteiger partial charge in [-0.3, -0.25) is 0 Å². The molecule has 3 aliphatic rings. The number of nitrogens with zero attached hydrogens (tertiary/aromatic N) is 3. The molecule has 0 radical (unpaired) electrons. The van der Waals surface area contributed by atoms with E-state index >= 15 is 0 Å². The van der Waals surface area contributed by atoms with Gasteiger partial charge < -0.3 is 15.5 Å². The largest absolute Gasteiger partial charge is 0.325 e. The van der Waals surface area contributed by atoms with Gasteiger partial charge in [0.25, 0.3) is 0 Å². The molecule has 1 spiro atoms. The molecule has 0 saturated carbocycles. The van der Waals surface area contributed by atoms with Gasteiger partial charge in [-0.1, -0.05) is 32.9 Å². The Hall–Kier alpha value is -1.98. The molecule has 1 saturated heterocycles. The van der Waals surface area contributed by atoms with Gasteiger partial charge in [0.1, 0.15) is 12.1 Å². The quantitative estimate of drug-likeness (QED) is 0.718. The van der Waals surface area contributed by atoms with Crippen molar-refractivity contribution in [2.75, 3.05) is 24.5 Å². The highest BCUT2D eigenvalue weighted by Crippen LogP contribution is 2.52. The van der Waals surface area contributed by atoms with Crippen LogP contribution < -0.4 is 15.5 Å². The lowest BCUT2D eigenvalue weighted by Crippen LogP contribution is -2.43. The van der Waals surface area contributed by atoms with Crippen molar-refractivity contribution >= 4 is 11.5 Å². The zero-order chi connectivity index (χ0) is 21.4. The van der Waals surface area contributed by atoms with E-state index in [1.165, 1.54) is 54.6 Å². The first-order valence-electron chi connectivity index (χ1n) is 12.3. The summed E-state index contributed by atoms with van der Waals surface area (Å²) in [7, 11) is 0. The lowest BCUT2D eigenvalue weighted by atomic mass is 9.73. The Labute approximate surface area is 187 Å². The molecule has 2 N–H and O–H groups in total. The van der Waals surface area contributed by atoms with Crippen LogP contribution in [0, 0.1) is 0 Å². The first kappa shape index (κ1) is 20.9. The fourth-order valence-corrected chi connectivity index (χ4v) is 6.21. The molecule has 5 heteroatoms. The molecule has 0 bridgehead atoms. The van der Waals surface area contributed by atoms with Gasteiger partial charge in [-0.15, -0.1) is 0 Å². The maximum atomic E-state index is 4.87. The first-order chi connectivity index (χ1) is 15.2. The van der Waals surface area contributed by atoms with Crippen LogP contribution >= 0.6 is 0 Å². The average Bonchev–Trinajstić information content (AvgIpc) is 3.34. The third kappa shape index (κ3) is 3.56. The van der Waals surface area contributed by atoms with Crippen LogP contribution in [-0.4, -0.2) is 35.6 Å². The Morgan fingerprint density at radius 1 is 1.19 bits per heavy atom. The van der Waals surface area contributed by atoms with E-state index < -0.39 is 0 Å².